The van der Waals surface area contributed by atoms with Crippen molar-refractivity contribution >= 4 is 34.7 Å². The molecule has 0 spiro atoms. The number of hydrogen-bond acceptors (Lipinski definition) is 6. The maximum atomic E-state index is 12.3. The summed E-state index contributed by atoms with van der Waals surface area (Å²) in [5.41, 5.74) is 8.71. The van der Waals surface area contributed by atoms with Crippen molar-refractivity contribution in [2.75, 3.05) is 19.5 Å². The van der Waals surface area contributed by atoms with Crippen LogP contribution in [0.3, 0.4) is 0 Å². The topological polar surface area (TPSA) is 122 Å². The van der Waals surface area contributed by atoms with Gasteiger partial charge < -0.3 is 19.9 Å². The number of carbonyl (C=O) groups excluding carboxylic acids is 3. The Hall–Kier alpha value is -4.01. The van der Waals surface area contributed by atoms with Gasteiger partial charge in [0.1, 0.15) is 11.9 Å². The zero-order valence-corrected chi connectivity index (χ0v) is 19.1. The summed E-state index contributed by atoms with van der Waals surface area (Å²) in [4.78, 5) is 36.2. The number of rotatable bonds is 6. The van der Waals surface area contributed by atoms with Gasteiger partial charge in [-0.25, -0.2) is 14.4 Å². The quantitative estimate of drug-likeness (QED) is 0.519. The van der Waals surface area contributed by atoms with E-state index in [1.54, 1.807) is 42.6 Å². The number of anilines is 1. The molecule has 34 heavy (non-hydrogen) atoms. The third kappa shape index (κ3) is 4.83. The minimum absolute atomic E-state index is 0.0457. The average Bonchev–Trinajstić information content (AvgIpc) is 3.46. The van der Waals surface area contributed by atoms with E-state index in [1.807, 2.05) is 0 Å². The van der Waals surface area contributed by atoms with E-state index in [9.17, 15) is 14.4 Å². The molecule has 2 aromatic carbocycles. The minimum Gasteiger partial charge on any atom is -0.496 e. The molecule has 3 aromatic rings. The van der Waals surface area contributed by atoms with Gasteiger partial charge in [0, 0.05) is 23.7 Å². The molecule has 178 valence electrons. The Bertz CT molecular complexity index is 1240. The van der Waals surface area contributed by atoms with Crippen LogP contribution in [0.25, 0.3) is 10.9 Å². The van der Waals surface area contributed by atoms with E-state index in [0.29, 0.717) is 28.9 Å². The summed E-state index contributed by atoms with van der Waals surface area (Å²) in [6, 6.07) is 9.64. The first kappa shape index (κ1) is 23.2. The smallest absolute Gasteiger partial charge is 0.411 e. The third-order valence-corrected chi connectivity index (χ3v) is 6.04. The van der Waals surface area contributed by atoms with E-state index in [2.05, 4.69) is 5.32 Å². The van der Waals surface area contributed by atoms with E-state index >= 15 is 0 Å². The second-order valence-corrected chi connectivity index (χ2v) is 8.23. The maximum Gasteiger partial charge on any atom is 0.411 e. The number of amides is 2. The first-order valence-electron chi connectivity index (χ1n) is 11.1. The van der Waals surface area contributed by atoms with Gasteiger partial charge >= 0.3 is 18.1 Å². The number of nitrogens with one attached hydrogen (secondary N) is 1. The maximum absolute atomic E-state index is 12.3. The van der Waals surface area contributed by atoms with Crippen LogP contribution in [0.1, 0.15) is 47.2 Å². The predicted octanol–water partition coefficient (Wildman–Crippen LogP) is 4.45. The summed E-state index contributed by atoms with van der Waals surface area (Å²) < 4.78 is 17.1. The van der Waals surface area contributed by atoms with E-state index in [4.69, 9.17) is 19.9 Å². The van der Waals surface area contributed by atoms with Gasteiger partial charge in [0.2, 0.25) is 0 Å². The summed E-state index contributed by atoms with van der Waals surface area (Å²) >= 11 is 0. The largest absolute Gasteiger partial charge is 0.496 e. The first-order chi connectivity index (χ1) is 16.4. The SMILES string of the molecule is COC(=O)c1ccc(Cc2cn(C(N)=O)c3ccc(NC(=O)OC4CCCC4)cc23)c(OC)c1. The molecule has 1 aliphatic carbocycles. The van der Waals surface area contributed by atoms with E-state index in [1.165, 1.54) is 18.8 Å². The predicted molar refractivity (Wildman–Crippen MR) is 126 cm³/mol. The van der Waals surface area contributed by atoms with Crippen LogP contribution in [0.5, 0.6) is 5.75 Å². The molecule has 9 heteroatoms. The lowest BCUT2D eigenvalue weighted by Crippen LogP contribution is -2.20. The standard InChI is InChI=1S/C25H27N3O6/c1-32-22-12-16(23(29)33-2)8-7-15(22)11-17-14-28(24(26)30)21-10-9-18(13-20(17)21)27-25(31)34-19-5-3-4-6-19/h7-10,12-14,19H,3-6,11H2,1-2H3,(H2,26,30)(H,27,31). The van der Waals surface area contributed by atoms with Gasteiger partial charge in [-0.2, -0.15) is 0 Å². The highest BCUT2D eigenvalue weighted by Gasteiger charge is 2.20. The minimum atomic E-state index is -0.620. The number of nitrogens with zero attached hydrogens (tertiary/aromatic N) is 1. The van der Waals surface area contributed by atoms with Gasteiger partial charge in [-0.3, -0.25) is 9.88 Å². The molecule has 0 radical (unpaired) electrons. The first-order valence-corrected chi connectivity index (χ1v) is 11.1. The van der Waals surface area contributed by atoms with Crippen molar-refractivity contribution in [3.63, 3.8) is 0 Å². The molecular weight excluding hydrogens is 438 g/mol. The molecule has 0 atom stereocenters. The van der Waals surface area contributed by atoms with Crippen LogP contribution in [0.2, 0.25) is 0 Å². The average molecular weight is 466 g/mol. The van der Waals surface area contributed by atoms with Crippen molar-refractivity contribution in [1.82, 2.24) is 4.57 Å². The molecule has 9 nitrogen and oxygen atoms in total. The molecule has 1 heterocycles. The number of benzene rings is 2. The van der Waals surface area contributed by atoms with Crippen molar-refractivity contribution in [2.45, 2.75) is 38.2 Å². The number of esters is 1. The molecule has 4 rings (SSSR count). The van der Waals surface area contributed by atoms with E-state index in [0.717, 1.165) is 42.2 Å². The van der Waals surface area contributed by atoms with Gasteiger partial charge in [-0.1, -0.05) is 6.07 Å². The van der Waals surface area contributed by atoms with Crippen molar-refractivity contribution in [3.05, 3.63) is 59.3 Å². The number of primary amides is 1. The van der Waals surface area contributed by atoms with E-state index in [-0.39, 0.29) is 6.10 Å². The summed E-state index contributed by atoms with van der Waals surface area (Å²) in [6.45, 7) is 0. The monoisotopic (exact) mass is 465 g/mol. The molecule has 3 N–H and O–H groups in total. The molecule has 1 aliphatic rings. The van der Waals surface area contributed by atoms with Crippen LogP contribution in [-0.4, -0.2) is 43.0 Å². The normalized spacial score (nSPS) is 13.6. The number of fused-ring (bicyclic) bond motifs is 1. The van der Waals surface area contributed by atoms with Crippen LogP contribution in [0.4, 0.5) is 15.3 Å². The van der Waals surface area contributed by atoms with Gasteiger partial charge in [0.05, 0.1) is 25.3 Å². The van der Waals surface area contributed by atoms with Crippen LogP contribution < -0.4 is 15.8 Å². The number of nitrogens with two attached hydrogens (primary N) is 1. The number of methoxy groups -OCH3 is 2. The van der Waals surface area contributed by atoms with Crippen LogP contribution >= 0.6 is 0 Å². The summed E-state index contributed by atoms with van der Waals surface area (Å²) in [5.74, 6) is 0.0488. The third-order valence-electron chi connectivity index (χ3n) is 6.04. The Kier molecular flexibility index (Phi) is 6.72. The van der Waals surface area contributed by atoms with Gasteiger partial charge in [-0.05, 0) is 67.1 Å². The fourth-order valence-electron chi connectivity index (χ4n) is 4.34. The highest BCUT2D eigenvalue weighted by molar-refractivity contribution is 5.97. The molecule has 0 bridgehead atoms. The molecule has 1 fully saturated rings. The van der Waals surface area contributed by atoms with Crippen LogP contribution in [0, 0.1) is 0 Å². The molecule has 0 saturated heterocycles. The highest BCUT2D eigenvalue weighted by atomic mass is 16.6. The Morgan fingerprint density at radius 2 is 1.82 bits per heavy atom. The second kappa shape index (κ2) is 9.86. The van der Waals surface area contributed by atoms with Crippen molar-refractivity contribution < 1.29 is 28.6 Å². The number of carbonyl (C=O) groups is 3. The lowest BCUT2D eigenvalue weighted by molar-refractivity contribution is 0.0600. The van der Waals surface area contributed by atoms with Crippen molar-refractivity contribution in [2.24, 2.45) is 5.73 Å². The Balaban J connectivity index is 1.65. The second-order valence-electron chi connectivity index (χ2n) is 8.23. The summed E-state index contributed by atoms with van der Waals surface area (Å²) in [5, 5.41) is 3.52. The van der Waals surface area contributed by atoms with E-state index < -0.39 is 18.1 Å². The molecule has 1 aromatic heterocycles. The van der Waals surface area contributed by atoms with Crippen LogP contribution in [-0.2, 0) is 15.9 Å². The summed E-state index contributed by atoms with van der Waals surface area (Å²) in [7, 11) is 2.83. The summed E-state index contributed by atoms with van der Waals surface area (Å²) in [6.07, 6.45) is 5.43. The number of aromatic nitrogens is 1. The number of ether oxygens (including phenoxy) is 3. The van der Waals surface area contributed by atoms with Gasteiger partial charge in [-0.15, -0.1) is 0 Å². The highest BCUT2D eigenvalue weighted by Crippen LogP contribution is 2.30. The molecular formula is C25H27N3O6. The van der Waals surface area contributed by atoms with Gasteiger partial charge in [0.25, 0.3) is 0 Å². The zero-order chi connectivity index (χ0) is 24.2. The lowest BCUT2D eigenvalue weighted by Gasteiger charge is -2.13. The fraction of sp³-hybridized carbons (Fsp3) is 0.320. The molecule has 0 aliphatic heterocycles. The van der Waals surface area contributed by atoms with Crippen molar-refractivity contribution in [1.29, 1.82) is 0 Å². The molecule has 1 saturated carbocycles. The van der Waals surface area contributed by atoms with Gasteiger partial charge in [0.15, 0.2) is 0 Å². The fourth-order valence-corrected chi connectivity index (χ4v) is 4.34. The van der Waals surface area contributed by atoms with Crippen LogP contribution in [0.15, 0.2) is 42.6 Å². The Labute approximate surface area is 196 Å². The van der Waals surface area contributed by atoms with Crippen molar-refractivity contribution in [3.8, 4) is 5.75 Å². The lowest BCUT2D eigenvalue weighted by atomic mass is 10.0. The molecule has 2 amide bonds. The Morgan fingerprint density at radius 1 is 1.06 bits per heavy atom. The zero-order valence-electron chi connectivity index (χ0n) is 19.1. The molecule has 0 unspecified atom stereocenters. The Morgan fingerprint density at radius 3 is 2.50 bits per heavy atom. The number of hydrogen-bond donors (Lipinski definition) is 2.